The second-order valence-electron chi connectivity index (χ2n) is 3.66. The Balaban J connectivity index is 2.64. The lowest BCUT2D eigenvalue weighted by Gasteiger charge is -2.17. The zero-order valence-electron chi connectivity index (χ0n) is 9.21. The molecule has 86 valence electrons. The van der Waals surface area contributed by atoms with Crippen LogP contribution in [0.4, 0.5) is 0 Å². The zero-order valence-corrected chi connectivity index (χ0v) is 10.9. The van der Waals surface area contributed by atoms with E-state index in [9.17, 15) is 4.57 Å². The van der Waals surface area contributed by atoms with Gasteiger partial charge in [-0.15, -0.1) is 0 Å². The lowest BCUT2D eigenvalue weighted by Crippen LogP contribution is -2.15. The van der Waals surface area contributed by atoms with E-state index >= 15 is 0 Å². The number of halogens is 1. The Kier molecular flexibility index (Phi) is 3.51. The molecule has 2 aromatic rings. The van der Waals surface area contributed by atoms with Gasteiger partial charge in [0.05, 0.1) is 4.77 Å². The van der Waals surface area contributed by atoms with Crippen molar-refractivity contribution < 1.29 is 4.57 Å². The summed E-state index contributed by atoms with van der Waals surface area (Å²) in [6.07, 6.45) is 0. The molecule has 0 heterocycles. The van der Waals surface area contributed by atoms with Gasteiger partial charge in [-0.05, 0) is 0 Å². The monoisotopic (exact) mass is 262 g/mol. The molecule has 0 atom stereocenters. The number of hydrogen-bond acceptors (Lipinski definition) is 1. The van der Waals surface area contributed by atoms with Crippen LogP contribution in [0.3, 0.4) is 0 Å². The standard InChI is InChI=1S/C14H12ClOP/c1-12(15)17(16,13-8-4-2-5-9-13)14-10-6-3-7-11-14/h2-11H,1H2. The van der Waals surface area contributed by atoms with Gasteiger partial charge < -0.3 is 4.57 Å². The van der Waals surface area contributed by atoms with Gasteiger partial charge in [0.15, 0.2) is 7.14 Å². The highest BCUT2D eigenvalue weighted by Gasteiger charge is 2.29. The van der Waals surface area contributed by atoms with Gasteiger partial charge in [0.25, 0.3) is 0 Å². The summed E-state index contributed by atoms with van der Waals surface area (Å²) in [4.78, 5) is 0. The van der Waals surface area contributed by atoms with Crippen molar-refractivity contribution in [1.29, 1.82) is 0 Å². The van der Waals surface area contributed by atoms with Crippen molar-refractivity contribution in [1.82, 2.24) is 0 Å². The number of benzene rings is 2. The van der Waals surface area contributed by atoms with Gasteiger partial charge in [0.1, 0.15) is 0 Å². The average Bonchev–Trinajstić information content (AvgIpc) is 2.39. The molecule has 0 fully saturated rings. The molecular weight excluding hydrogens is 251 g/mol. The first-order valence-corrected chi connectivity index (χ1v) is 7.30. The maximum Gasteiger partial charge on any atom is 0.181 e. The quantitative estimate of drug-likeness (QED) is 0.771. The highest BCUT2D eigenvalue weighted by atomic mass is 35.5. The Morgan fingerprint density at radius 1 is 0.882 bits per heavy atom. The molecule has 17 heavy (non-hydrogen) atoms. The van der Waals surface area contributed by atoms with Gasteiger partial charge in [-0.2, -0.15) is 0 Å². The van der Waals surface area contributed by atoms with Gasteiger partial charge in [-0.25, -0.2) is 0 Å². The predicted octanol–water partition coefficient (Wildman–Crippen LogP) is 3.71. The van der Waals surface area contributed by atoms with Gasteiger partial charge in [-0.3, -0.25) is 0 Å². The van der Waals surface area contributed by atoms with E-state index in [1.54, 1.807) is 0 Å². The van der Waals surface area contributed by atoms with Crippen LogP contribution >= 0.6 is 18.7 Å². The molecule has 0 amide bonds. The van der Waals surface area contributed by atoms with E-state index in [4.69, 9.17) is 11.6 Å². The lowest BCUT2D eigenvalue weighted by atomic mass is 10.4. The first kappa shape index (κ1) is 12.2. The van der Waals surface area contributed by atoms with E-state index in [0.717, 1.165) is 0 Å². The normalized spacial score (nSPS) is 11.1. The lowest BCUT2D eigenvalue weighted by molar-refractivity contribution is 0.591. The Bertz CT molecular complexity index is 520. The van der Waals surface area contributed by atoms with Crippen LogP contribution in [0, 0.1) is 0 Å². The molecule has 0 aromatic heterocycles. The van der Waals surface area contributed by atoms with Crippen molar-refractivity contribution in [2.45, 2.75) is 0 Å². The second kappa shape index (κ2) is 4.91. The molecule has 0 bridgehead atoms. The van der Waals surface area contributed by atoms with Gasteiger partial charge in [0, 0.05) is 10.6 Å². The SMILES string of the molecule is C=C(Cl)P(=O)(c1ccccc1)c1ccccc1. The Hall–Kier alpha value is -1.30. The Labute approximate surface area is 106 Å². The summed E-state index contributed by atoms with van der Waals surface area (Å²) in [6.45, 7) is 3.68. The van der Waals surface area contributed by atoms with Crippen molar-refractivity contribution >= 4 is 29.4 Å². The maximum absolute atomic E-state index is 13.1. The minimum Gasteiger partial charge on any atom is -0.308 e. The summed E-state index contributed by atoms with van der Waals surface area (Å²) in [5, 5.41) is 1.43. The molecule has 0 aliphatic carbocycles. The summed E-state index contributed by atoms with van der Waals surface area (Å²) >= 11 is 6.00. The van der Waals surface area contributed by atoms with Crippen molar-refractivity contribution in [3.8, 4) is 0 Å². The van der Waals surface area contributed by atoms with Gasteiger partial charge >= 0.3 is 0 Å². The minimum atomic E-state index is -2.93. The van der Waals surface area contributed by atoms with Gasteiger partial charge in [0.2, 0.25) is 0 Å². The molecule has 0 aliphatic heterocycles. The van der Waals surface area contributed by atoms with E-state index in [-0.39, 0.29) is 4.77 Å². The molecular formula is C14H12ClOP. The molecule has 0 radical (unpaired) electrons. The third kappa shape index (κ3) is 2.22. The molecule has 0 saturated carbocycles. The fourth-order valence-electron chi connectivity index (χ4n) is 1.71. The fourth-order valence-corrected chi connectivity index (χ4v) is 4.33. The van der Waals surface area contributed by atoms with E-state index in [1.807, 2.05) is 60.7 Å². The van der Waals surface area contributed by atoms with E-state index in [0.29, 0.717) is 10.6 Å². The van der Waals surface area contributed by atoms with Crippen molar-refractivity contribution in [2.75, 3.05) is 0 Å². The summed E-state index contributed by atoms with van der Waals surface area (Å²) in [7, 11) is -2.93. The summed E-state index contributed by atoms with van der Waals surface area (Å²) in [6, 6.07) is 18.5. The predicted molar refractivity (Wildman–Crippen MR) is 74.8 cm³/mol. The van der Waals surface area contributed by atoms with Crippen molar-refractivity contribution in [3.05, 3.63) is 72.0 Å². The van der Waals surface area contributed by atoms with Crippen LogP contribution in [0.1, 0.15) is 0 Å². The van der Waals surface area contributed by atoms with E-state index in [1.165, 1.54) is 0 Å². The molecule has 0 aliphatic rings. The molecule has 3 heteroatoms. The van der Waals surface area contributed by atoms with E-state index in [2.05, 4.69) is 6.58 Å². The van der Waals surface area contributed by atoms with Crippen LogP contribution in [0.15, 0.2) is 72.0 Å². The second-order valence-corrected chi connectivity index (χ2v) is 7.17. The minimum absolute atomic E-state index is 0.190. The van der Waals surface area contributed by atoms with Crippen LogP contribution in [-0.4, -0.2) is 0 Å². The van der Waals surface area contributed by atoms with Crippen LogP contribution < -0.4 is 10.6 Å². The topological polar surface area (TPSA) is 17.1 Å². The molecule has 0 saturated heterocycles. The van der Waals surface area contributed by atoms with Crippen molar-refractivity contribution in [3.63, 3.8) is 0 Å². The third-order valence-electron chi connectivity index (χ3n) is 2.58. The average molecular weight is 263 g/mol. The van der Waals surface area contributed by atoms with Gasteiger partial charge in [-0.1, -0.05) is 78.8 Å². The molecule has 0 unspecified atom stereocenters. The molecule has 0 N–H and O–H groups in total. The maximum atomic E-state index is 13.1. The highest BCUT2D eigenvalue weighted by molar-refractivity contribution is 7.84. The number of hydrogen-bond donors (Lipinski definition) is 0. The first-order valence-electron chi connectivity index (χ1n) is 5.22. The number of rotatable bonds is 3. The Morgan fingerprint density at radius 3 is 1.53 bits per heavy atom. The third-order valence-corrected chi connectivity index (χ3v) is 6.03. The summed E-state index contributed by atoms with van der Waals surface area (Å²) < 4.78 is 13.3. The molecule has 0 spiro atoms. The van der Waals surface area contributed by atoms with E-state index < -0.39 is 7.14 Å². The smallest absolute Gasteiger partial charge is 0.181 e. The molecule has 2 aromatic carbocycles. The Morgan fingerprint density at radius 2 is 1.24 bits per heavy atom. The van der Waals surface area contributed by atoms with Crippen LogP contribution in [0.2, 0.25) is 0 Å². The zero-order chi connectivity index (χ0) is 12.3. The van der Waals surface area contributed by atoms with Crippen molar-refractivity contribution in [2.24, 2.45) is 0 Å². The highest BCUT2D eigenvalue weighted by Crippen LogP contribution is 2.52. The largest absolute Gasteiger partial charge is 0.308 e. The van der Waals surface area contributed by atoms with Crippen LogP contribution in [0.25, 0.3) is 0 Å². The summed E-state index contributed by atoms with van der Waals surface area (Å²) in [5.74, 6) is 0. The first-order chi connectivity index (χ1) is 8.15. The van der Waals surface area contributed by atoms with Crippen LogP contribution in [0.5, 0.6) is 0 Å². The fraction of sp³-hybridized carbons (Fsp3) is 0. The molecule has 1 nitrogen and oxygen atoms in total. The van der Waals surface area contributed by atoms with Crippen LogP contribution in [-0.2, 0) is 4.57 Å². The molecule has 2 rings (SSSR count). The summed E-state index contributed by atoms with van der Waals surface area (Å²) in [5.41, 5.74) is 0.